The van der Waals surface area contributed by atoms with E-state index in [0.29, 0.717) is 31.5 Å². The highest BCUT2D eigenvalue weighted by Crippen LogP contribution is 2.42. The summed E-state index contributed by atoms with van der Waals surface area (Å²) in [7, 11) is 0. The predicted octanol–water partition coefficient (Wildman–Crippen LogP) is 3.50. The Bertz CT molecular complexity index is 1070. The fourth-order valence-electron chi connectivity index (χ4n) is 4.95. The van der Waals surface area contributed by atoms with Crippen molar-refractivity contribution in [3.8, 4) is 5.75 Å². The van der Waals surface area contributed by atoms with Crippen molar-refractivity contribution in [2.45, 2.75) is 31.3 Å². The minimum absolute atomic E-state index is 0. The van der Waals surface area contributed by atoms with Gasteiger partial charge in [-0.3, -0.25) is 15.0 Å². The molecule has 2 aromatic carbocycles. The van der Waals surface area contributed by atoms with E-state index in [-0.39, 0.29) is 29.8 Å². The van der Waals surface area contributed by atoms with E-state index in [0.717, 1.165) is 48.4 Å². The van der Waals surface area contributed by atoms with Crippen LogP contribution < -0.4 is 15.5 Å². The third kappa shape index (κ3) is 4.97. The molecule has 34 heavy (non-hydrogen) atoms. The van der Waals surface area contributed by atoms with Crippen LogP contribution in [0.3, 0.4) is 0 Å². The second-order valence-corrected chi connectivity index (χ2v) is 9.09. The number of nitrogens with one attached hydrogen (secondary N) is 2. The number of carbonyl (C=O) groups is 2. The molecule has 3 aliphatic heterocycles. The van der Waals surface area contributed by atoms with E-state index in [9.17, 15) is 9.59 Å². The van der Waals surface area contributed by atoms with Crippen LogP contribution >= 0.6 is 12.4 Å². The number of hydrogen-bond acceptors (Lipinski definition) is 5. The normalized spacial score (nSPS) is 19.8. The van der Waals surface area contributed by atoms with E-state index in [1.165, 1.54) is 0 Å². The van der Waals surface area contributed by atoms with Gasteiger partial charge in [0.1, 0.15) is 11.4 Å². The Kier molecular flexibility index (Phi) is 7.26. The van der Waals surface area contributed by atoms with Crippen molar-refractivity contribution in [3.63, 3.8) is 0 Å². The van der Waals surface area contributed by atoms with Gasteiger partial charge < -0.3 is 15.2 Å². The van der Waals surface area contributed by atoms with Crippen molar-refractivity contribution in [1.82, 2.24) is 15.8 Å². The van der Waals surface area contributed by atoms with Crippen molar-refractivity contribution in [1.29, 1.82) is 0 Å². The van der Waals surface area contributed by atoms with E-state index in [1.807, 2.05) is 47.5 Å². The SMILES string of the molecule is Cl.O=C(NN1CCC(C(=O)O)CC1)c1ccc(C2=CC3(CCNCC3)Oc3ccccc32)cc1. The molecule has 0 aliphatic carbocycles. The lowest BCUT2D eigenvalue weighted by Gasteiger charge is -2.40. The molecule has 7 nitrogen and oxygen atoms in total. The number of nitrogens with zero attached hydrogens (tertiary/aromatic N) is 1. The molecule has 0 unspecified atom stereocenters. The first-order valence-corrected chi connectivity index (χ1v) is 11.6. The van der Waals surface area contributed by atoms with Crippen LogP contribution in [-0.2, 0) is 4.79 Å². The molecule has 2 saturated heterocycles. The smallest absolute Gasteiger partial charge is 0.306 e. The lowest BCUT2D eigenvalue weighted by Crippen LogP contribution is -2.47. The summed E-state index contributed by atoms with van der Waals surface area (Å²) in [6.45, 7) is 2.94. The minimum atomic E-state index is -0.758. The Morgan fingerprint density at radius 2 is 1.71 bits per heavy atom. The highest BCUT2D eigenvalue weighted by atomic mass is 35.5. The fraction of sp³-hybridized carbons (Fsp3) is 0.385. The number of benzene rings is 2. The number of carboxylic acids is 1. The average molecular weight is 484 g/mol. The monoisotopic (exact) mass is 483 g/mol. The zero-order valence-electron chi connectivity index (χ0n) is 19.0. The summed E-state index contributed by atoms with van der Waals surface area (Å²) < 4.78 is 6.46. The van der Waals surface area contributed by atoms with E-state index in [1.54, 1.807) is 0 Å². The van der Waals surface area contributed by atoms with Gasteiger partial charge in [0, 0.05) is 37.1 Å². The van der Waals surface area contributed by atoms with Gasteiger partial charge in [0.25, 0.3) is 5.91 Å². The molecule has 2 aromatic rings. The molecule has 3 heterocycles. The highest BCUT2D eigenvalue weighted by Gasteiger charge is 2.37. The molecule has 1 amide bonds. The third-order valence-corrected chi connectivity index (χ3v) is 6.91. The highest BCUT2D eigenvalue weighted by molar-refractivity contribution is 5.94. The Morgan fingerprint density at radius 3 is 2.38 bits per heavy atom. The number of fused-ring (bicyclic) bond motifs is 1. The molecule has 180 valence electrons. The third-order valence-electron chi connectivity index (χ3n) is 6.91. The standard InChI is InChI=1S/C26H29N3O4.ClH/c30-24(28-29-15-9-20(10-16-29)25(31)32)19-7-5-18(6-8-19)22-17-26(11-13-27-14-12-26)33-23-4-2-1-3-21(22)23;/h1-8,17,20,27H,9-16H2,(H,28,30)(H,31,32);1H. The summed E-state index contributed by atoms with van der Waals surface area (Å²) in [5.74, 6) is -0.349. The Labute approximate surface area is 205 Å². The second kappa shape index (κ2) is 10.2. The van der Waals surface area contributed by atoms with E-state index >= 15 is 0 Å². The molecule has 3 N–H and O–H groups in total. The maximum Gasteiger partial charge on any atom is 0.306 e. The Morgan fingerprint density at radius 1 is 1.03 bits per heavy atom. The number of aliphatic carboxylic acids is 1. The second-order valence-electron chi connectivity index (χ2n) is 9.09. The first-order valence-electron chi connectivity index (χ1n) is 11.6. The predicted molar refractivity (Wildman–Crippen MR) is 132 cm³/mol. The van der Waals surface area contributed by atoms with Gasteiger partial charge in [-0.05, 0) is 61.3 Å². The molecule has 0 atom stereocenters. The number of amides is 1. The largest absolute Gasteiger partial charge is 0.482 e. The number of piperidine rings is 2. The van der Waals surface area contributed by atoms with Crippen molar-refractivity contribution in [2.75, 3.05) is 26.2 Å². The van der Waals surface area contributed by atoms with Crippen LogP contribution in [0.25, 0.3) is 5.57 Å². The van der Waals surface area contributed by atoms with E-state index in [2.05, 4.69) is 22.9 Å². The summed E-state index contributed by atoms with van der Waals surface area (Å²) in [6, 6.07) is 15.8. The number of para-hydroxylation sites is 1. The van der Waals surface area contributed by atoms with Crippen molar-refractivity contribution in [2.24, 2.45) is 5.92 Å². The van der Waals surface area contributed by atoms with Crippen LogP contribution in [0.5, 0.6) is 5.75 Å². The number of rotatable bonds is 4. The molecule has 1 spiro atoms. The van der Waals surface area contributed by atoms with Crippen LogP contribution in [-0.4, -0.2) is 53.8 Å². The lowest BCUT2D eigenvalue weighted by atomic mass is 9.83. The molecule has 0 saturated carbocycles. The van der Waals surface area contributed by atoms with Gasteiger partial charge in [-0.1, -0.05) is 30.3 Å². The van der Waals surface area contributed by atoms with Crippen LogP contribution in [0.2, 0.25) is 0 Å². The molecule has 0 bridgehead atoms. The molecule has 5 rings (SSSR count). The summed E-state index contributed by atoms with van der Waals surface area (Å²) in [5.41, 5.74) is 6.47. The van der Waals surface area contributed by atoms with E-state index < -0.39 is 5.97 Å². The Balaban J connectivity index is 0.00000274. The first-order chi connectivity index (χ1) is 16.0. The number of hydrazine groups is 1. The van der Waals surface area contributed by atoms with Crippen LogP contribution in [0.4, 0.5) is 0 Å². The Hall–Kier alpha value is -2.87. The van der Waals surface area contributed by atoms with Crippen LogP contribution in [0.1, 0.15) is 47.2 Å². The van der Waals surface area contributed by atoms with Gasteiger partial charge in [0.05, 0.1) is 5.92 Å². The van der Waals surface area contributed by atoms with Gasteiger partial charge in [-0.2, -0.15) is 0 Å². The summed E-state index contributed by atoms with van der Waals surface area (Å²) in [6.07, 6.45) is 5.19. The van der Waals surface area contributed by atoms with Gasteiger partial charge in [0.2, 0.25) is 0 Å². The summed E-state index contributed by atoms with van der Waals surface area (Å²) in [5, 5.41) is 14.4. The number of ether oxygens (including phenoxy) is 1. The van der Waals surface area contributed by atoms with Crippen LogP contribution in [0.15, 0.2) is 54.6 Å². The first kappa shape index (κ1) is 24.3. The number of carbonyl (C=O) groups excluding carboxylic acids is 1. The van der Waals surface area contributed by atoms with Crippen molar-refractivity contribution >= 4 is 29.9 Å². The number of carboxylic acid groups (broad SMARTS) is 1. The minimum Gasteiger partial charge on any atom is -0.482 e. The topological polar surface area (TPSA) is 90.9 Å². The van der Waals surface area contributed by atoms with E-state index in [4.69, 9.17) is 9.84 Å². The summed E-state index contributed by atoms with van der Waals surface area (Å²) in [4.78, 5) is 23.9. The molecule has 3 aliphatic rings. The quantitative estimate of drug-likeness (QED) is 0.616. The van der Waals surface area contributed by atoms with Crippen molar-refractivity contribution in [3.05, 3.63) is 71.3 Å². The number of halogens is 1. The molecular formula is C26H30ClN3O4. The fourth-order valence-corrected chi connectivity index (χ4v) is 4.95. The summed E-state index contributed by atoms with van der Waals surface area (Å²) >= 11 is 0. The van der Waals surface area contributed by atoms with Crippen molar-refractivity contribution < 1.29 is 19.4 Å². The maximum atomic E-state index is 12.7. The van der Waals surface area contributed by atoms with Gasteiger partial charge >= 0.3 is 5.97 Å². The van der Waals surface area contributed by atoms with Gasteiger partial charge in [-0.25, -0.2) is 5.01 Å². The molecule has 0 radical (unpaired) electrons. The average Bonchev–Trinajstić information content (AvgIpc) is 2.84. The zero-order chi connectivity index (χ0) is 22.8. The van der Waals surface area contributed by atoms with Gasteiger partial charge in [-0.15, -0.1) is 12.4 Å². The molecule has 2 fully saturated rings. The molecule has 8 heteroatoms. The zero-order valence-corrected chi connectivity index (χ0v) is 19.8. The lowest BCUT2D eigenvalue weighted by molar-refractivity contribution is -0.143. The number of hydrogen-bond donors (Lipinski definition) is 3. The maximum absolute atomic E-state index is 12.7. The van der Waals surface area contributed by atoms with Gasteiger partial charge in [0.15, 0.2) is 0 Å². The molecule has 0 aromatic heterocycles. The van der Waals surface area contributed by atoms with Crippen LogP contribution in [0, 0.1) is 5.92 Å². The molecular weight excluding hydrogens is 454 g/mol.